The van der Waals surface area contributed by atoms with E-state index in [2.05, 4.69) is 5.48 Å². The minimum atomic E-state index is -4.12. The lowest BCUT2D eigenvalue weighted by molar-refractivity contribution is -0.707. The Kier molecular flexibility index (Phi) is 8.43. The molecule has 3 aromatic rings. The van der Waals surface area contributed by atoms with Crippen LogP contribution in [0.15, 0.2) is 46.7 Å². The number of hydrogen-bond donors (Lipinski definition) is 2. The lowest BCUT2D eigenvalue weighted by Crippen LogP contribution is -2.39. The molecule has 13 heteroatoms. The highest BCUT2D eigenvalue weighted by molar-refractivity contribution is 7.86. The second kappa shape index (κ2) is 11.4. The van der Waals surface area contributed by atoms with Crippen LogP contribution in [0.3, 0.4) is 0 Å². The number of nitrogens with zero attached hydrogens (tertiary/aromatic N) is 2. The first-order valence-electron chi connectivity index (χ1n) is 12.3. The predicted molar refractivity (Wildman–Crippen MR) is 142 cm³/mol. The maximum Gasteiger partial charge on any atom is 0.378 e. The third kappa shape index (κ3) is 6.53. The van der Waals surface area contributed by atoms with E-state index >= 15 is 0 Å². The molecule has 0 radical (unpaired) electrons. The summed E-state index contributed by atoms with van der Waals surface area (Å²) in [6.45, 7) is 6.43. The summed E-state index contributed by atoms with van der Waals surface area (Å²) in [4.78, 5) is 1.87. The van der Waals surface area contributed by atoms with Crippen molar-refractivity contribution in [1.29, 1.82) is 0 Å². The molecule has 0 spiro atoms. The Bertz CT molecular complexity index is 1560. The van der Waals surface area contributed by atoms with Gasteiger partial charge in [0.05, 0.1) is 17.2 Å². The molecule has 206 valence electrons. The molecule has 0 saturated carbocycles. The normalized spacial score (nSPS) is 14.8. The molecule has 4 rings (SSSR count). The highest BCUT2D eigenvalue weighted by atomic mass is 32.2. The zero-order chi connectivity index (χ0) is 27.5. The number of anilines is 1. The molecule has 0 fully saturated rings. The van der Waals surface area contributed by atoms with Gasteiger partial charge < -0.3 is 14.1 Å². The van der Waals surface area contributed by atoms with Crippen LogP contribution in [0.1, 0.15) is 37.1 Å². The SMILES string of the molecule is CCNOS(=O)(=O)CCC[n+]1c(C=C2Oc3ccc4ccccc4c3N2CCCS(=O)(=O)O)oc(C)c1C. The van der Waals surface area contributed by atoms with Crippen molar-refractivity contribution in [3.63, 3.8) is 0 Å². The molecule has 1 aliphatic heterocycles. The Morgan fingerprint density at radius 1 is 1.08 bits per heavy atom. The van der Waals surface area contributed by atoms with Crippen molar-refractivity contribution in [3.8, 4) is 5.75 Å². The van der Waals surface area contributed by atoms with Crippen LogP contribution in [-0.4, -0.2) is 46.0 Å². The molecule has 2 aromatic carbocycles. The number of hydrogen-bond acceptors (Lipinski definition) is 9. The molecule has 0 saturated heterocycles. The number of rotatable bonds is 12. The molecule has 0 amide bonds. The average molecular weight is 567 g/mol. The van der Waals surface area contributed by atoms with E-state index in [1.165, 1.54) is 0 Å². The van der Waals surface area contributed by atoms with Gasteiger partial charge in [0.15, 0.2) is 18.1 Å². The summed E-state index contributed by atoms with van der Waals surface area (Å²) in [6.07, 6.45) is 2.17. The van der Waals surface area contributed by atoms with Crippen molar-refractivity contribution in [2.24, 2.45) is 0 Å². The van der Waals surface area contributed by atoms with Crippen molar-refractivity contribution >= 4 is 42.8 Å². The largest absolute Gasteiger partial charge is 0.438 e. The highest BCUT2D eigenvalue weighted by Gasteiger charge is 2.32. The smallest absolute Gasteiger partial charge is 0.378 e. The fraction of sp³-hybridized carbons (Fsp3) is 0.400. The van der Waals surface area contributed by atoms with E-state index in [0.717, 1.165) is 22.2 Å². The van der Waals surface area contributed by atoms with Crippen LogP contribution in [-0.2, 0) is 31.1 Å². The van der Waals surface area contributed by atoms with Crippen molar-refractivity contribution in [2.75, 3.05) is 29.5 Å². The molecule has 38 heavy (non-hydrogen) atoms. The molecular formula is C25H32N3O8S2+. The number of ether oxygens (including phenoxy) is 1. The second-order valence-corrected chi connectivity index (χ2v) is 12.2. The lowest BCUT2D eigenvalue weighted by Gasteiger charge is -2.19. The molecule has 1 aromatic heterocycles. The predicted octanol–water partition coefficient (Wildman–Crippen LogP) is 3.07. The van der Waals surface area contributed by atoms with Gasteiger partial charge in [-0.1, -0.05) is 37.3 Å². The average Bonchev–Trinajstić information content (AvgIpc) is 3.34. The quantitative estimate of drug-likeness (QED) is 0.191. The molecule has 0 bridgehead atoms. The van der Waals surface area contributed by atoms with Gasteiger partial charge in [-0.25, -0.2) is 0 Å². The molecule has 0 unspecified atom stereocenters. The van der Waals surface area contributed by atoms with Crippen LogP contribution < -0.4 is 19.7 Å². The first kappa shape index (κ1) is 28.0. The first-order valence-corrected chi connectivity index (χ1v) is 15.5. The van der Waals surface area contributed by atoms with Gasteiger partial charge in [0, 0.05) is 38.7 Å². The maximum absolute atomic E-state index is 12.1. The maximum atomic E-state index is 12.1. The topological polar surface area (TPSA) is 139 Å². The summed E-state index contributed by atoms with van der Waals surface area (Å²) in [5, 5.41) is 1.93. The van der Waals surface area contributed by atoms with E-state index in [9.17, 15) is 21.4 Å². The van der Waals surface area contributed by atoms with Crippen molar-refractivity contribution in [3.05, 3.63) is 59.6 Å². The van der Waals surface area contributed by atoms with Crippen LogP contribution in [0, 0.1) is 13.8 Å². The summed E-state index contributed by atoms with van der Waals surface area (Å²) in [5.41, 5.74) is 3.99. The molecular weight excluding hydrogens is 534 g/mol. The number of aryl methyl sites for hydroxylation is 1. The number of hydroxylamine groups is 1. The van der Waals surface area contributed by atoms with E-state index in [1.807, 2.05) is 59.7 Å². The van der Waals surface area contributed by atoms with Gasteiger partial charge >= 0.3 is 5.89 Å². The Labute approximate surface area is 222 Å². The number of fused-ring (bicyclic) bond motifs is 3. The number of aromatic nitrogens is 1. The molecule has 2 heterocycles. The van der Waals surface area contributed by atoms with Crippen molar-refractivity contribution < 1.29 is 39.4 Å². The van der Waals surface area contributed by atoms with Gasteiger partial charge in [-0.05, 0) is 17.9 Å². The Morgan fingerprint density at radius 3 is 2.58 bits per heavy atom. The fourth-order valence-electron chi connectivity index (χ4n) is 4.33. The Hall–Kier alpha value is -2.97. The summed E-state index contributed by atoms with van der Waals surface area (Å²) in [5.74, 6) is 1.60. The zero-order valence-electron chi connectivity index (χ0n) is 21.5. The third-order valence-electron chi connectivity index (χ3n) is 6.19. The van der Waals surface area contributed by atoms with Crippen LogP contribution in [0.5, 0.6) is 5.75 Å². The van der Waals surface area contributed by atoms with Gasteiger partial charge in [-0.2, -0.15) is 31.2 Å². The monoisotopic (exact) mass is 566 g/mol. The summed E-state index contributed by atoms with van der Waals surface area (Å²) >= 11 is 0. The summed E-state index contributed by atoms with van der Waals surface area (Å²) < 4.78 is 74.9. The molecule has 2 N–H and O–H groups in total. The zero-order valence-corrected chi connectivity index (χ0v) is 23.1. The van der Waals surface area contributed by atoms with Gasteiger partial charge in [0.25, 0.3) is 20.2 Å². The minimum Gasteiger partial charge on any atom is -0.438 e. The Balaban J connectivity index is 1.66. The third-order valence-corrected chi connectivity index (χ3v) is 8.15. The van der Waals surface area contributed by atoms with Gasteiger partial charge in [-0.3, -0.25) is 4.55 Å². The van der Waals surface area contributed by atoms with Gasteiger partial charge in [0.2, 0.25) is 11.6 Å². The van der Waals surface area contributed by atoms with Crippen LogP contribution in [0.4, 0.5) is 5.69 Å². The molecule has 0 aliphatic carbocycles. The minimum absolute atomic E-state index is 0.169. The van der Waals surface area contributed by atoms with E-state index in [1.54, 1.807) is 13.0 Å². The second-order valence-electron chi connectivity index (χ2n) is 8.94. The highest BCUT2D eigenvalue weighted by Crippen LogP contribution is 2.44. The van der Waals surface area contributed by atoms with E-state index in [0.29, 0.717) is 36.4 Å². The lowest BCUT2D eigenvalue weighted by atomic mass is 10.1. The standard InChI is InChI=1S/C25H31N3O8S2/c1-4-26-36-38(32,33)16-8-13-27-18(2)19(3)34-23(27)17-24-28(14-7-15-37(29,30)31)25-21-10-6-5-9-20(21)11-12-22(25)35-24/h5-6,9-12,17,26H,4,7-8,13-16H2,1-3H3/p+1. The van der Waals surface area contributed by atoms with Crippen LogP contribution in [0.25, 0.3) is 16.8 Å². The number of oxazole rings is 1. The van der Waals surface area contributed by atoms with Gasteiger partial charge in [0.1, 0.15) is 6.08 Å². The fourth-order valence-corrected chi connectivity index (χ4v) is 5.69. The van der Waals surface area contributed by atoms with E-state index in [4.69, 9.17) is 13.4 Å². The number of benzene rings is 2. The summed E-state index contributed by atoms with van der Waals surface area (Å²) in [7, 11) is -7.84. The first-order chi connectivity index (χ1) is 18.0. The van der Waals surface area contributed by atoms with Crippen LogP contribution >= 0.6 is 0 Å². The van der Waals surface area contributed by atoms with Crippen molar-refractivity contribution in [1.82, 2.24) is 5.48 Å². The molecule has 1 aliphatic rings. The van der Waals surface area contributed by atoms with E-state index < -0.39 is 20.2 Å². The van der Waals surface area contributed by atoms with Crippen molar-refractivity contribution in [2.45, 2.75) is 40.2 Å². The summed E-state index contributed by atoms with van der Waals surface area (Å²) in [6, 6.07) is 11.6. The Morgan fingerprint density at radius 2 is 1.84 bits per heavy atom. The van der Waals surface area contributed by atoms with Gasteiger partial charge in [-0.15, -0.1) is 0 Å². The molecule has 11 nitrogen and oxygen atoms in total. The molecule has 0 atom stereocenters. The number of nitrogens with one attached hydrogen (secondary N) is 1. The van der Waals surface area contributed by atoms with E-state index in [-0.39, 0.29) is 30.9 Å². The van der Waals surface area contributed by atoms with Crippen LogP contribution in [0.2, 0.25) is 0 Å².